The highest BCUT2D eigenvalue weighted by Crippen LogP contribution is 2.13. The van der Waals surface area contributed by atoms with Gasteiger partial charge in [0.25, 0.3) is 5.91 Å². The number of hydrogen-bond donors (Lipinski definition) is 0. The average Bonchev–Trinajstić information content (AvgIpc) is 2.87. The first kappa shape index (κ1) is 15.6. The predicted molar refractivity (Wildman–Crippen MR) is 71.0 cm³/mol. The number of amides is 1. The number of carbonyl (C=O) groups excluding carboxylic acids is 2. The molecule has 0 aliphatic heterocycles. The molecule has 0 saturated carbocycles. The van der Waals surface area contributed by atoms with Crippen LogP contribution in [0.2, 0.25) is 0 Å². The zero-order valence-electron chi connectivity index (χ0n) is 11.3. The molecule has 1 aromatic rings. The Kier molecular flexibility index (Phi) is 6.44. The van der Waals surface area contributed by atoms with E-state index in [2.05, 4.69) is 9.72 Å². The lowest BCUT2D eigenvalue weighted by Crippen LogP contribution is -2.33. The molecule has 6 nitrogen and oxygen atoms in total. The number of ether oxygens (including phenoxy) is 2. The molecule has 0 aliphatic carbocycles. The Morgan fingerprint density at radius 2 is 2.16 bits per heavy atom. The molecular formula is C12H18N2O4S. The van der Waals surface area contributed by atoms with E-state index in [-0.39, 0.29) is 18.3 Å². The number of aromatic nitrogens is 1. The molecule has 0 fully saturated rings. The fourth-order valence-corrected chi connectivity index (χ4v) is 2.23. The van der Waals surface area contributed by atoms with Gasteiger partial charge in [0.15, 0.2) is 0 Å². The van der Waals surface area contributed by atoms with Crippen molar-refractivity contribution < 1.29 is 19.1 Å². The summed E-state index contributed by atoms with van der Waals surface area (Å²) in [6.45, 7) is 3.11. The Morgan fingerprint density at radius 3 is 2.74 bits per heavy atom. The van der Waals surface area contributed by atoms with E-state index in [0.29, 0.717) is 25.4 Å². The van der Waals surface area contributed by atoms with Crippen molar-refractivity contribution in [2.45, 2.75) is 20.0 Å². The molecule has 0 unspecified atom stereocenters. The molecule has 19 heavy (non-hydrogen) atoms. The van der Waals surface area contributed by atoms with Crippen molar-refractivity contribution in [1.29, 1.82) is 0 Å². The first-order valence-electron chi connectivity index (χ1n) is 5.91. The van der Waals surface area contributed by atoms with Gasteiger partial charge >= 0.3 is 5.97 Å². The number of methoxy groups -OCH3 is 2. The summed E-state index contributed by atoms with van der Waals surface area (Å²) in [5, 5.41) is 2.46. The maximum absolute atomic E-state index is 12.2. The summed E-state index contributed by atoms with van der Waals surface area (Å²) in [5.41, 5.74) is 0.392. The number of hydrogen-bond acceptors (Lipinski definition) is 6. The summed E-state index contributed by atoms with van der Waals surface area (Å²) in [6, 6.07) is 0. The Balaban J connectivity index is 2.63. The SMILES string of the molecule is CCN(CCC(=O)OC)C(=O)c1csc(COC)n1. The van der Waals surface area contributed by atoms with Crippen molar-refractivity contribution in [2.24, 2.45) is 0 Å². The molecule has 0 bridgehead atoms. The number of esters is 1. The minimum atomic E-state index is -0.329. The van der Waals surface area contributed by atoms with Gasteiger partial charge in [-0.25, -0.2) is 4.98 Å². The van der Waals surface area contributed by atoms with Crippen molar-refractivity contribution in [3.8, 4) is 0 Å². The van der Waals surface area contributed by atoms with E-state index in [1.54, 1.807) is 17.4 Å². The summed E-state index contributed by atoms with van der Waals surface area (Å²) in [7, 11) is 2.91. The highest BCUT2D eigenvalue weighted by Gasteiger charge is 2.18. The van der Waals surface area contributed by atoms with Gasteiger partial charge in [-0.15, -0.1) is 11.3 Å². The minimum absolute atomic E-state index is 0.176. The summed E-state index contributed by atoms with van der Waals surface area (Å²) in [5.74, 6) is -0.505. The third-order valence-electron chi connectivity index (χ3n) is 2.52. The van der Waals surface area contributed by atoms with Crippen LogP contribution in [-0.2, 0) is 20.9 Å². The largest absolute Gasteiger partial charge is 0.469 e. The normalized spacial score (nSPS) is 10.3. The Labute approximate surface area is 116 Å². The molecular weight excluding hydrogens is 268 g/mol. The molecule has 0 aromatic carbocycles. The summed E-state index contributed by atoms with van der Waals surface area (Å²) < 4.78 is 9.52. The lowest BCUT2D eigenvalue weighted by atomic mass is 10.3. The van der Waals surface area contributed by atoms with Crippen molar-refractivity contribution in [3.63, 3.8) is 0 Å². The minimum Gasteiger partial charge on any atom is -0.469 e. The first-order valence-corrected chi connectivity index (χ1v) is 6.79. The van der Waals surface area contributed by atoms with E-state index in [1.165, 1.54) is 18.4 Å². The van der Waals surface area contributed by atoms with Gasteiger partial charge in [-0.1, -0.05) is 0 Å². The fourth-order valence-electron chi connectivity index (χ4n) is 1.49. The molecule has 1 rings (SSSR count). The van der Waals surface area contributed by atoms with E-state index in [4.69, 9.17) is 4.74 Å². The molecule has 0 N–H and O–H groups in total. The van der Waals surface area contributed by atoms with Crippen LogP contribution in [0.15, 0.2) is 5.38 Å². The average molecular weight is 286 g/mol. The first-order chi connectivity index (χ1) is 9.12. The van der Waals surface area contributed by atoms with E-state index < -0.39 is 0 Å². The van der Waals surface area contributed by atoms with Crippen LogP contribution in [0.25, 0.3) is 0 Å². The quantitative estimate of drug-likeness (QED) is 0.707. The van der Waals surface area contributed by atoms with Crippen molar-refractivity contribution in [2.75, 3.05) is 27.3 Å². The van der Waals surface area contributed by atoms with Gasteiger partial charge in [0, 0.05) is 25.6 Å². The smallest absolute Gasteiger partial charge is 0.307 e. The lowest BCUT2D eigenvalue weighted by molar-refractivity contribution is -0.140. The van der Waals surface area contributed by atoms with Crippen molar-refractivity contribution >= 4 is 23.2 Å². The van der Waals surface area contributed by atoms with Gasteiger partial charge < -0.3 is 14.4 Å². The summed E-state index contributed by atoms with van der Waals surface area (Å²) in [6.07, 6.45) is 0.186. The lowest BCUT2D eigenvalue weighted by Gasteiger charge is -2.18. The zero-order valence-corrected chi connectivity index (χ0v) is 12.2. The van der Waals surface area contributed by atoms with Crippen LogP contribution in [0, 0.1) is 0 Å². The van der Waals surface area contributed by atoms with Gasteiger partial charge in [0.05, 0.1) is 20.1 Å². The van der Waals surface area contributed by atoms with Crippen molar-refractivity contribution in [1.82, 2.24) is 9.88 Å². The second-order valence-corrected chi connectivity index (χ2v) is 4.71. The monoisotopic (exact) mass is 286 g/mol. The number of nitrogens with zero attached hydrogens (tertiary/aromatic N) is 2. The van der Waals surface area contributed by atoms with E-state index in [1.807, 2.05) is 6.92 Å². The molecule has 0 atom stereocenters. The third-order valence-corrected chi connectivity index (χ3v) is 3.34. The highest BCUT2D eigenvalue weighted by molar-refractivity contribution is 7.09. The topological polar surface area (TPSA) is 68.7 Å². The molecule has 1 aromatic heterocycles. The molecule has 0 radical (unpaired) electrons. The molecule has 1 heterocycles. The van der Waals surface area contributed by atoms with Gasteiger partial charge in [0.2, 0.25) is 0 Å². The predicted octanol–water partition coefficient (Wildman–Crippen LogP) is 1.31. The fraction of sp³-hybridized carbons (Fsp3) is 0.583. The van der Waals surface area contributed by atoms with Gasteiger partial charge in [-0.2, -0.15) is 0 Å². The van der Waals surface area contributed by atoms with Gasteiger partial charge in [0.1, 0.15) is 10.7 Å². The second kappa shape index (κ2) is 7.85. The van der Waals surface area contributed by atoms with E-state index in [0.717, 1.165) is 5.01 Å². The molecule has 0 aliphatic rings. The van der Waals surface area contributed by atoms with Crippen LogP contribution in [0.1, 0.15) is 28.8 Å². The summed E-state index contributed by atoms with van der Waals surface area (Å²) >= 11 is 1.38. The third kappa shape index (κ3) is 4.60. The molecule has 7 heteroatoms. The summed E-state index contributed by atoms with van der Waals surface area (Å²) in [4.78, 5) is 29.0. The van der Waals surface area contributed by atoms with E-state index in [9.17, 15) is 9.59 Å². The van der Waals surface area contributed by atoms with Crippen molar-refractivity contribution in [3.05, 3.63) is 16.1 Å². The van der Waals surface area contributed by atoms with Crippen LogP contribution in [0.3, 0.4) is 0 Å². The second-order valence-electron chi connectivity index (χ2n) is 3.77. The molecule has 1 amide bonds. The maximum atomic E-state index is 12.2. The zero-order chi connectivity index (χ0) is 14.3. The van der Waals surface area contributed by atoms with Crippen LogP contribution in [0.4, 0.5) is 0 Å². The number of rotatable bonds is 7. The Hall–Kier alpha value is -1.47. The standard InChI is InChI=1S/C12H18N2O4S/c1-4-14(6-5-11(15)18-3)12(16)9-8-19-10(13-9)7-17-2/h8H,4-7H2,1-3H3. The van der Waals surface area contributed by atoms with Gasteiger partial charge in [-0.05, 0) is 6.92 Å². The molecule has 106 valence electrons. The Morgan fingerprint density at radius 1 is 1.42 bits per heavy atom. The maximum Gasteiger partial charge on any atom is 0.307 e. The molecule has 0 saturated heterocycles. The highest BCUT2D eigenvalue weighted by atomic mass is 32.1. The molecule has 0 spiro atoms. The number of thiazole rings is 1. The van der Waals surface area contributed by atoms with Gasteiger partial charge in [-0.3, -0.25) is 9.59 Å². The van der Waals surface area contributed by atoms with Crippen LogP contribution >= 0.6 is 11.3 Å². The van der Waals surface area contributed by atoms with Crippen LogP contribution in [-0.4, -0.2) is 49.1 Å². The Bertz CT molecular complexity index is 433. The van der Waals surface area contributed by atoms with Crippen LogP contribution in [0.5, 0.6) is 0 Å². The number of carbonyl (C=O) groups is 2. The van der Waals surface area contributed by atoms with E-state index >= 15 is 0 Å². The van der Waals surface area contributed by atoms with Crippen LogP contribution < -0.4 is 0 Å².